The first-order valence-electron chi connectivity index (χ1n) is 31.7. The van der Waals surface area contributed by atoms with E-state index in [1.807, 2.05) is 93.9 Å². The first-order chi connectivity index (χ1) is 41.3. The van der Waals surface area contributed by atoms with Crippen LogP contribution in [0.1, 0.15) is 272 Å². The van der Waals surface area contributed by atoms with Crippen LogP contribution in [0, 0.1) is 39.5 Å². The number of allylic oxidation sites excluding steroid dienone is 6. The van der Waals surface area contributed by atoms with Crippen molar-refractivity contribution in [2.45, 2.75) is 233 Å². The predicted molar refractivity (Wildman–Crippen MR) is 377 cm³/mol. The summed E-state index contributed by atoms with van der Waals surface area (Å²) in [6, 6.07) is 14.4. The number of hydrogen-bond acceptors (Lipinski definition) is 12. The van der Waals surface area contributed by atoms with Crippen molar-refractivity contribution >= 4 is 28.9 Å². The highest BCUT2D eigenvalue weighted by atomic mass is 32.1. The van der Waals surface area contributed by atoms with E-state index >= 15 is 0 Å². The van der Waals surface area contributed by atoms with E-state index in [1.165, 1.54) is 48.4 Å². The fourth-order valence-electron chi connectivity index (χ4n) is 8.53. The molecule has 8 aromatic rings. The van der Waals surface area contributed by atoms with E-state index in [4.69, 9.17) is 13.5 Å². The minimum absolute atomic E-state index is 0.450. The van der Waals surface area contributed by atoms with Gasteiger partial charge in [0, 0.05) is 109 Å². The fourth-order valence-corrected chi connectivity index (χ4v) is 10.1. The molecule has 0 saturated heterocycles. The highest BCUT2D eigenvalue weighted by Gasteiger charge is 2.12. The number of furan rings is 1. The van der Waals surface area contributed by atoms with E-state index in [-0.39, 0.29) is 0 Å². The smallest absolute Gasteiger partial charge is 0.139 e. The van der Waals surface area contributed by atoms with Crippen molar-refractivity contribution in [2.75, 3.05) is 0 Å². The molecule has 15 heteroatoms. The van der Waals surface area contributed by atoms with Crippen molar-refractivity contribution in [2.24, 2.45) is 38.0 Å². The monoisotopic (exact) mass is 1240 g/mol. The van der Waals surface area contributed by atoms with Crippen molar-refractivity contribution in [3.05, 3.63) is 186 Å². The summed E-state index contributed by atoms with van der Waals surface area (Å²) in [6.45, 7) is 53.3. The molecule has 10 rings (SSSR count). The third-order valence-electron chi connectivity index (χ3n) is 13.5. The molecule has 0 unspecified atom stereocenters. The van der Waals surface area contributed by atoms with Gasteiger partial charge in [-0.15, -0.1) is 22.7 Å². The van der Waals surface area contributed by atoms with Gasteiger partial charge in [0.1, 0.15) is 29.4 Å². The van der Waals surface area contributed by atoms with Gasteiger partial charge in [-0.1, -0.05) is 173 Å². The second-order valence-corrected chi connectivity index (χ2v) is 27.5. The minimum atomic E-state index is 0.450. The van der Waals surface area contributed by atoms with Gasteiger partial charge in [0.25, 0.3) is 0 Å². The van der Waals surface area contributed by atoms with Gasteiger partial charge >= 0.3 is 0 Å². The Morgan fingerprint density at radius 1 is 0.602 bits per heavy atom. The quantitative estimate of drug-likeness (QED) is 0.131. The molecule has 2 aliphatic rings. The molecule has 0 spiro atoms. The maximum absolute atomic E-state index is 5.09. The Morgan fingerprint density at radius 3 is 1.50 bits per heavy atom. The minimum Gasteiger partial charge on any atom is -0.469 e. The number of hydrogen-bond donors (Lipinski definition) is 0. The van der Waals surface area contributed by atoms with Crippen LogP contribution in [-0.2, 0) is 21.1 Å². The highest BCUT2D eigenvalue weighted by Crippen LogP contribution is 2.24. The summed E-state index contributed by atoms with van der Waals surface area (Å²) in [4.78, 5) is 15.4. The van der Waals surface area contributed by atoms with Crippen LogP contribution in [0.25, 0.3) is 0 Å². The Morgan fingerprint density at radius 2 is 1.27 bits per heavy atom. The average molecular weight is 1250 g/mol. The van der Waals surface area contributed by atoms with Gasteiger partial charge in [0.2, 0.25) is 0 Å². The van der Waals surface area contributed by atoms with Crippen LogP contribution in [0.5, 0.6) is 0 Å². The molecule has 8 aromatic heterocycles. The molecular formula is C73H116N10O3S2. The van der Waals surface area contributed by atoms with Gasteiger partial charge in [-0.2, -0.15) is 10.2 Å². The lowest BCUT2D eigenvalue weighted by molar-refractivity contribution is 0.368. The number of aryl methyl sites for hydroxylation is 7. The highest BCUT2D eigenvalue weighted by molar-refractivity contribution is 7.11. The summed E-state index contributed by atoms with van der Waals surface area (Å²) in [6.07, 6.45) is 22.1. The predicted octanol–water partition coefficient (Wildman–Crippen LogP) is 21.9. The van der Waals surface area contributed by atoms with Crippen LogP contribution >= 0.6 is 22.7 Å². The SMILES string of the molecule is CC(C)C1=CCC=C1.CC(C)c1cccn1C.CC(C)c1ccco1.CC(C)c1cccs1.CC(C)c1cnn(C)c1.CC(C)c1ncnn1C.CC1=C(C(C)C)N=CC1.Cc1cc(C(C)C)on1.Cc1cnc(C(C)C)s1.Cc1noc(C)c1C(C)C. The number of aromatic nitrogens is 9. The average Bonchev–Trinajstić information content (AvgIpc) is 4.40. The molecule has 488 valence electrons. The van der Waals surface area contributed by atoms with Crippen molar-refractivity contribution in [1.29, 1.82) is 0 Å². The van der Waals surface area contributed by atoms with Crippen LogP contribution < -0.4 is 0 Å². The molecule has 0 aromatic carbocycles. The van der Waals surface area contributed by atoms with E-state index in [2.05, 4.69) is 253 Å². The number of nitrogens with zero attached hydrogens (tertiary/aromatic N) is 10. The van der Waals surface area contributed by atoms with Gasteiger partial charge in [-0.25, -0.2) is 9.97 Å². The number of thiazole rings is 1. The number of rotatable bonds is 10. The number of thiophene rings is 1. The summed E-state index contributed by atoms with van der Waals surface area (Å²) >= 11 is 3.62. The van der Waals surface area contributed by atoms with Crippen molar-refractivity contribution in [1.82, 2.24) is 44.4 Å². The topological polar surface area (TPSA) is 144 Å². The maximum Gasteiger partial charge on any atom is 0.139 e. The molecule has 0 N–H and O–H groups in total. The van der Waals surface area contributed by atoms with E-state index in [0.717, 1.165) is 47.3 Å². The molecule has 0 bridgehead atoms. The third-order valence-corrected chi connectivity index (χ3v) is 15.9. The molecule has 1 aliphatic heterocycles. The molecule has 0 atom stereocenters. The summed E-state index contributed by atoms with van der Waals surface area (Å²) in [5, 5.41) is 19.0. The van der Waals surface area contributed by atoms with E-state index in [9.17, 15) is 0 Å². The molecule has 0 fully saturated rings. The van der Waals surface area contributed by atoms with Crippen LogP contribution in [0.4, 0.5) is 0 Å². The first-order valence-corrected chi connectivity index (χ1v) is 33.4. The maximum atomic E-state index is 5.09. The second-order valence-electron chi connectivity index (χ2n) is 25.3. The standard InChI is InChI=1S/C8H13NO.2C8H13N.C8H12.C7H12N2.C7H11NO.C7H11NS.C7H10O.C7H10S.C6H11N3/c1-5(2)8-6(3)9-10-7(8)4;1-7(2)8-5-4-6-9(8)3;1-6(2)8-7(3)4-5-9-8;1-7(2)8-5-3-4-6-8;1-6(2)7-4-8-9(3)5-7;1-5(2)7-4-6(3)8-9-7;1-5(2)7-8-4-6(3)9-7;2*1-6(2)7-4-3-5-8-7;1-5(2)6-7-4-8-9(6)3/h5H,1-4H3;4-7H,1-3H3;5-6H,4H2,1-3H3;3,5-7H,4H2,1-2H3;4-6H,1-3H3;2*4-5H,1-3H3;2*3-6H,1-2H3;4-5H,1-3H3. The zero-order valence-electron chi connectivity index (χ0n) is 59.6. The molecule has 13 nitrogen and oxygen atoms in total. The molecule has 1 aliphatic carbocycles. The first kappa shape index (κ1) is 79.6. The fraction of sp³-hybridized carbons (Fsp3) is 0.548. The normalized spacial score (nSPS) is 12.0. The molecule has 88 heavy (non-hydrogen) atoms. The van der Waals surface area contributed by atoms with Gasteiger partial charge in [0.05, 0.1) is 28.9 Å². The Balaban J connectivity index is 0.000000489. The Kier molecular flexibility index (Phi) is 38.4. The summed E-state index contributed by atoms with van der Waals surface area (Å²) in [7, 11) is 5.92. The van der Waals surface area contributed by atoms with E-state index in [0.29, 0.717) is 59.2 Å². The molecular weight excluding hydrogens is 1130 g/mol. The second kappa shape index (κ2) is 42.5. The lowest BCUT2D eigenvalue weighted by Gasteiger charge is -2.04. The van der Waals surface area contributed by atoms with Crippen molar-refractivity contribution in [3.63, 3.8) is 0 Å². The van der Waals surface area contributed by atoms with Crippen LogP contribution in [0.2, 0.25) is 0 Å². The van der Waals surface area contributed by atoms with Gasteiger partial charge in [-0.05, 0) is 129 Å². The van der Waals surface area contributed by atoms with E-state index < -0.39 is 0 Å². The molecule has 0 radical (unpaired) electrons. The van der Waals surface area contributed by atoms with Crippen LogP contribution in [0.3, 0.4) is 0 Å². The largest absolute Gasteiger partial charge is 0.469 e. The molecule has 0 saturated carbocycles. The molecule has 9 heterocycles. The Hall–Kier alpha value is -6.45. The van der Waals surface area contributed by atoms with Gasteiger partial charge in [0.15, 0.2) is 0 Å². The third kappa shape index (κ3) is 31.6. The lowest BCUT2D eigenvalue weighted by atomic mass is 10.0. The van der Waals surface area contributed by atoms with E-state index in [1.54, 1.807) is 28.6 Å². The zero-order chi connectivity index (χ0) is 66.8. The molecule has 0 amide bonds. The Bertz CT molecular complexity index is 2950. The Labute approximate surface area is 541 Å². The van der Waals surface area contributed by atoms with Gasteiger partial charge in [-0.3, -0.25) is 14.4 Å². The summed E-state index contributed by atoms with van der Waals surface area (Å²) in [5.74, 6) is 9.82. The van der Waals surface area contributed by atoms with Crippen molar-refractivity contribution < 1.29 is 13.5 Å². The van der Waals surface area contributed by atoms with Crippen LogP contribution in [0.15, 0.2) is 139 Å². The lowest BCUT2D eigenvalue weighted by Crippen LogP contribution is -2.00. The number of aliphatic imine (C=N–C) groups is 1. The summed E-state index contributed by atoms with van der Waals surface area (Å²) in [5.41, 5.74) is 10.1. The van der Waals surface area contributed by atoms with Crippen LogP contribution in [-0.4, -0.2) is 50.6 Å². The zero-order valence-corrected chi connectivity index (χ0v) is 61.2. The van der Waals surface area contributed by atoms with Gasteiger partial charge < -0.3 is 18.0 Å². The summed E-state index contributed by atoms with van der Waals surface area (Å²) < 4.78 is 20.9. The van der Waals surface area contributed by atoms with Crippen molar-refractivity contribution in [3.8, 4) is 0 Å².